The van der Waals surface area contributed by atoms with Gasteiger partial charge in [0.05, 0.1) is 18.9 Å². The Morgan fingerprint density at radius 1 is 1.20 bits per heavy atom. The zero-order valence-electron chi connectivity index (χ0n) is 26.4. The highest BCUT2D eigenvalue weighted by Gasteiger charge is 2.65. The number of esters is 1. The fourth-order valence-electron chi connectivity index (χ4n) is 5.44. The van der Waals surface area contributed by atoms with E-state index in [1.807, 2.05) is 13.8 Å². The summed E-state index contributed by atoms with van der Waals surface area (Å²) in [6.45, 7) is 8.98. The quantitative estimate of drug-likeness (QED) is 0.153. The molecular formula is C31H39N6O8P. The Bertz CT molecular complexity index is 1660. The number of nitrogens with two attached hydrogens (primary N) is 1. The molecule has 2 N–H and O–H groups in total. The van der Waals surface area contributed by atoms with Gasteiger partial charge in [0.2, 0.25) is 5.60 Å². The number of carbonyl (C=O) groups is 1. The number of fused-ring (bicyclic) bond motifs is 2. The number of benzene rings is 1. The molecule has 14 nitrogen and oxygen atoms in total. The number of nitrogens with zero attached hydrogens (tertiary/aromatic N) is 5. The Kier molecular flexibility index (Phi) is 9.81. The predicted molar refractivity (Wildman–Crippen MR) is 167 cm³/mol. The van der Waals surface area contributed by atoms with Gasteiger partial charge in [-0.1, -0.05) is 44.9 Å². The van der Waals surface area contributed by atoms with E-state index >= 15 is 0 Å². The summed E-state index contributed by atoms with van der Waals surface area (Å²) < 4.78 is 51.5. The molecule has 1 unspecified atom stereocenters. The number of aliphatic imine (C=N–C) groups is 1. The van der Waals surface area contributed by atoms with E-state index in [9.17, 15) is 14.6 Å². The molecule has 2 saturated heterocycles. The minimum Gasteiger partial charge on any atom is -0.464 e. The van der Waals surface area contributed by atoms with Crippen LogP contribution in [0.3, 0.4) is 0 Å². The lowest BCUT2D eigenvalue weighted by atomic mass is 9.92. The number of rotatable bonds is 13. The lowest BCUT2D eigenvalue weighted by Crippen LogP contribution is -2.40. The molecule has 4 heterocycles. The molecule has 0 saturated carbocycles. The zero-order valence-corrected chi connectivity index (χ0v) is 27.3. The molecule has 1 aromatic carbocycles. The highest BCUT2D eigenvalue weighted by Crippen LogP contribution is 2.52. The molecule has 0 bridgehead atoms. The van der Waals surface area contributed by atoms with E-state index in [-0.39, 0.29) is 30.7 Å². The van der Waals surface area contributed by atoms with Gasteiger partial charge in [0.15, 0.2) is 11.6 Å². The molecule has 0 spiro atoms. The third-order valence-corrected chi connectivity index (χ3v) is 9.44. The van der Waals surface area contributed by atoms with Crippen LogP contribution in [-0.2, 0) is 38.4 Å². The second kappa shape index (κ2) is 13.5. The third-order valence-electron chi connectivity index (χ3n) is 8.05. The smallest absolute Gasteiger partial charge is 0.421 e. The summed E-state index contributed by atoms with van der Waals surface area (Å²) >= 11 is 0. The van der Waals surface area contributed by atoms with Crippen molar-refractivity contribution in [2.24, 2.45) is 10.9 Å². The molecule has 0 amide bonds. The first-order valence-corrected chi connectivity index (χ1v) is 16.8. The maximum atomic E-state index is 14.1. The minimum absolute atomic E-state index is 0.222. The number of ether oxygens (including phenoxy) is 4. The highest BCUT2D eigenvalue weighted by molar-refractivity contribution is 7.70. The first-order valence-electron chi connectivity index (χ1n) is 15.2. The van der Waals surface area contributed by atoms with Crippen molar-refractivity contribution < 1.29 is 37.4 Å². The van der Waals surface area contributed by atoms with E-state index in [1.165, 1.54) is 17.8 Å². The van der Waals surface area contributed by atoms with Crippen LogP contribution in [0.1, 0.15) is 53.2 Å². The molecule has 0 radical (unpaired) electrons. The second-order valence-corrected chi connectivity index (χ2v) is 13.4. The fraction of sp³-hybridized carbons (Fsp3) is 0.516. The van der Waals surface area contributed by atoms with Crippen molar-refractivity contribution in [3.63, 3.8) is 0 Å². The Labute approximate surface area is 267 Å². The molecule has 3 aromatic rings. The highest BCUT2D eigenvalue weighted by atomic mass is 31.2. The van der Waals surface area contributed by atoms with Gasteiger partial charge in [0.25, 0.3) is 0 Å². The Balaban J connectivity index is 1.40. The summed E-state index contributed by atoms with van der Waals surface area (Å²) in [4.78, 5) is 20.8. The average molecular weight is 655 g/mol. The van der Waals surface area contributed by atoms with Crippen LogP contribution in [-0.4, -0.2) is 69.9 Å². The summed E-state index contributed by atoms with van der Waals surface area (Å²) in [7, 11) is -4.16. The number of nitriles is 1. The molecule has 2 aliphatic rings. The average Bonchev–Trinajstić information content (AvgIpc) is 3.70. The second-order valence-electron chi connectivity index (χ2n) is 11.7. The monoisotopic (exact) mass is 654 g/mol. The molecule has 2 fully saturated rings. The molecule has 246 valence electrons. The summed E-state index contributed by atoms with van der Waals surface area (Å²) in [6.07, 6.45) is 0.367. The molecule has 2 aliphatic heterocycles. The molecule has 0 aliphatic carbocycles. The van der Waals surface area contributed by atoms with Crippen molar-refractivity contribution in [1.29, 1.82) is 5.26 Å². The lowest BCUT2D eigenvalue weighted by molar-refractivity contribution is -0.203. The van der Waals surface area contributed by atoms with Gasteiger partial charge in [-0.2, -0.15) is 10.4 Å². The summed E-state index contributed by atoms with van der Waals surface area (Å²) in [5, 5.41) is 14.9. The molecule has 6 atom stereocenters. The predicted octanol–water partition coefficient (Wildman–Crippen LogP) is 4.63. The van der Waals surface area contributed by atoms with Gasteiger partial charge in [-0.15, -0.1) is 0 Å². The van der Waals surface area contributed by atoms with E-state index in [4.69, 9.17) is 33.7 Å². The maximum absolute atomic E-state index is 14.1. The van der Waals surface area contributed by atoms with E-state index in [2.05, 4.69) is 21.1 Å². The summed E-state index contributed by atoms with van der Waals surface area (Å²) in [5.74, 6) is 0.0987. The standard InChI is InChI=1S/C31H39N6O8P/c1-6-21(7-2)15-40-29(38)20(3)35-19-46(39,45-22-11-9-8-10-12-22)41-16-24-26-27(44-30(4,5)43-26)31(17-32,42-24)25-14-13-23-28(33)34-18-36-37(23)25/h8-14,18-21,24,26-27H,6-7,15-16H2,1-5H3,(H2,33,34,36)/t20-,24+,26+,27+,31-,46?/m0/s1. The van der Waals surface area contributed by atoms with Gasteiger partial charge < -0.3 is 29.2 Å². The molecule has 46 heavy (non-hydrogen) atoms. The van der Waals surface area contributed by atoms with Gasteiger partial charge >= 0.3 is 13.6 Å². The largest absolute Gasteiger partial charge is 0.464 e. The van der Waals surface area contributed by atoms with Crippen LogP contribution in [0, 0.1) is 17.2 Å². The number of anilines is 1. The Morgan fingerprint density at radius 3 is 2.63 bits per heavy atom. The number of carbonyl (C=O) groups excluding carboxylic acids is 1. The minimum atomic E-state index is -4.16. The van der Waals surface area contributed by atoms with Gasteiger partial charge in [-0.05, 0) is 51.0 Å². The molecule has 5 rings (SSSR count). The molecule has 15 heteroatoms. The topological polar surface area (TPSA) is 182 Å². The van der Waals surface area contributed by atoms with Crippen molar-refractivity contribution in [3.8, 4) is 11.8 Å². The van der Waals surface area contributed by atoms with Crippen LogP contribution in [0.2, 0.25) is 0 Å². The zero-order chi connectivity index (χ0) is 33.1. The van der Waals surface area contributed by atoms with E-state index in [1.54, 1.807) is 56.3 Å². The third kappa shape index (κ3) is 6.79. The SMILES string of the molecule is CCC(CC)COC(=O)[C@H](C)N=CP(=O)(OC[C@H]1O[C@@](C#N)(c2ccc3c(N)ncnn23)[C@@H]2OC(C)(C)O[C@@H]21)Oc1ccccc1. The number of nitrogen functional groups attached to an aromatic ring is 1. The van der Waals surface area contributed by atoms with Gasteiger partial charge in [0.1, 0.15) is 54.0 Å². The van der Waals surface area contributed by atoms with Crippen molar-refractivity contribution in [3.05, 3.63) is 54.5 Å². The molecular weight excluding hydrogens is 615 g/mol. The van der Waals surface area contributed by atoms with Gasteiger partial charge in [0, 0.05) is 0 Å². The number of hydrogen-bond donors (Lipinski definition) is 1. The number of hydrogen-bond acceptors (Lipinski definition) is 13. The van der Waals surface area contributed by atoms with Gasteiger partial charge in [-0.25, -0.2) is 18.9 Å². The van der Waals surface area contributed by atoms with Crippen molar-refractivity contribution in [2.45, 2.75) is 83.2 Å². The number of aromatic nitrogens is 3. The molecule has 2 aromatic heterocycles. The first kappa shape index (κ1) is 33.5. The normalized spacial score (nSPS) is 25.7. The van der Waals surface area contributed by atoms with E-state index in [0.717, 1.165) is 18.8 Å². The van der Waals surface area contributed by atoms with E-state index in [0.29, 0.717) is 11.2 Å². The van der Waals surface area contributed by atoms with Crippen LogP contribution in [0.15, 0.2) is 53.8 Å². The Morgan fingerprint density at radius 2 is 1.93 bits per heavy atom. The fourth-order valence-corrected chi connectivity index (χ4v) is 6.74. The van der Waals surface area contributed by atoms with Gasteiger partial charge in [-0.3, -0.25) is 9.52 Å². The lowest BCUT2D eigenvalue weighted by Gasteiger charge is -2.29. The van der Waals surface area contributed by atoms with Crippen LogP contribution in [0.25, 0.3) is 5.52 Å². The maximum Gasteiger partial charge on any atom is 0.421 e. The first-order chi connectivity index (χ1) is 21.9. The van der Waals surface area contributed by atoms with E-state index < -0.39 is 49.3 Å². The van der Waals surface area contributed by atoms with Crippen molar-refractivity contribution in [1.82, 2.24) is 14.6 Å². The Hall–Kier alpha value is -3.86. The summed E-state index contributed by atoms with van der Waals surface area (Å²) in [5.41, 5.74) is 5.17. The van der Waals surface area contributed by atoms with Crippen LogP contribution >= 0.6 is 7.60 Å². The number of para-hydroxylation sites is 1. The van der Waals surface area contributed by atoms with Crippen molar-refractivity contribution in [2.75, 3.05) is 18.9 Å². The van der Waals surface area contributed by atoms with Crippen molar-refractivity contribution >= 4 is 30.9 Å². The van der Waals surface area contributed by atoms with Crippen LogP contribution in [0.4, 0.5) is 5.82 Å². The van der Waals surface area contributed by atoms with Crippen LogP contribution < -0.4 is 10.3 Å². The van der Waals surface area contributed by atoms with Crippen LogP contribution in [0.5, 0.6) is 5.75 Å². The summed E-state index contributed by atoms with van der Waals surface area (Å²) in [6, 6.07) is 13.1.